The topological polar surface area (TPSA) is 20.2 Å². The Kier molecular flexibility index (Phi) is 5.04. The van der Waals surface area contributed by atoms with Gasteiger partial charge in [0.25, 0.3) is 0 Å². The van der Waals surface area contributed by atoms with Gasteiger partial charge in [-0.25, -0.2) is 0 Å². The number of phenols is 1. The minimum atomic E-state index is 0.546. The van der Waals surface area contributed by atoms with E-state index < -0.39 is 0 Å². The second kappa shape index (κ2) is 6.09. The lowest BCUT2D eigenvalue weighted by atomic mass is 9.88. The minimum Gasteiger partial charge on any atom is -0.507 e. The van der Waals surface area contributed by atoms with Crippen LogP contribution < -0.4 is 0 Å². The van der Waals surface area contributed by atoms with Crippen LogP contribution in [0.5, 0.6) is 5.75 Å². The molecular formula is C16H26O. The molecule has 0 bridgehead atoms. The zero-order chi connectivity index (χ0) is 13.0. The van der Waals surface area contributed by atoms with E-state index in [9.17, 15) is 5.11 Å². The molecule has 17 heavy (non-hydrogen) atoms. The van der Waals surface area contributed by atoms with E-state index in [0.29, 0.717) is 5.75 Å². The SMILES string of the molecule is CCCCc1c(O)c(C)c(C)c(C)c1CCC. The Morgan fingerprint density at radius 3 is 1.94 bits per heavy atom. The molecule has 1 nitrogen and oxygen atoms in total. The maximum absolute atomic E-state index is 10.3. The molecule has 0 heterocycles. The van der Waals surface area contributed by atoms with Crippen molar-refractivity contribution in [2.24, 2.45) is 0 Å². The van der Waals surface area contributed by atoms with Gasteiger partial charge in [0, 0.05) is 0 Å². The Bertz CT molecular complexity index is 391. The lowest BCUT2D eigenvalue weighted by Crippen LogP contribution is -2.03. The molecule has 1 aromatic rings. The fourth-order valence-electron chi connectivity index (χ4n) is 2.49. The molecule has 96 valence electrons. The maximum Gasteiger partial charge on any atom is 0.122 e. The first kappa shape index (κ1) is 14.1. The van der Waals surface area contributed by atoms with Crippen LogP contribution in [-0.4, -0.2) is 5.11 Å². The number of unbranched alkanes of at least 4 members (excludes halogenated alkanes) is 1. The molecule has 0 aromatic heterocycles. The average Bonchev–Trinajstić information content (AvgIpc) is 2.33. The molecule has 1 heteroatoms. The van der Waals surface area contributed by atoms with E-state index in [1.807, 2.05) is 6.92 Å². The first-order valence-electron chi connectivity index (χ1n) is 6.84. The van der Waals surface area contributed by atoms with Crippen molar-refractivity contribution in [3.05, 3.63) is 27.8 Å². The normalized spacial score (nSPS) is 10.9. The van der Waals surface area contributed by atoms with E-state index in [1.165, 1.54) is 28.7 Å². The van der Waals surface area contributed by atoms with Crippen LogP contribution in [0.25, 0.3) is 0 Å². The summed E-state index contributed by atoms with van der Waals surface area (Å²) >= 11 is 0. The third kappa shape index (κ3) is 2.83. The molecule has 1 aromatic carbocycles. The van der Waals surface area contributed by atoms with Gasteiger partial charge in [-0.05, 0) is 67.9 Å². The van der Waals surface area contributed by atoms with Crippen LogP contribution in [0.15, 0.2) is 0 Å². The summed E-state index contributed by atoms with van der Waals surface area (Å²) in [6.07, 6.45) is 5.57. The monoisotopic (exact) mass is 234 g/mol. The van der Waals surface area contributed by atoms with Crippen LogP contribution in [0.1, 0.15) is 60.9 Å². The van der Waals surface area contributed by atoms with Crippen LogP contribution in [0.4, 0.5) is 0 Å². The zero-order valence-corrected chi connectivity index (χ0v) is 12.0. The highest BCUT2D eigenvalue weighted by Crippen LogP contribution is 2.34. The van der Waals surface area contributed by atoms with E-state index >= 15 is 0 Å². The number of hydrogen-bond acceptors (Lipinski definition) is 1. The maximum atomic E-state index is 10.3. The average molecular weight is 234 g/mol. The van der Waals surface area contributed by atoms with Crippen LogP contribution >= 0.6 is 0 Å². The zero-order valence-electron chi connectivity index (χ0n) is 12.0. The van der Waals surface area contributed by atoms with Crippen molar-refractivity contribution < 1.29 is 5.11 Å². The van der Waals surface area contributed by atoms with Crippen molar-refractivity contribution in [1.29, 1.82) is 0 Å². The van der Waals surface area contributed by atoms with Gasteiger partial charge >= 0.3 is 0 Å². The van der Waals surface area contributed by atoms with E-state index in [0.717, 1.165) is 31.2 Å². The van der Waals surface area contributed by atoms with E-state index in [-0.39, 0.29) is 0 Å². The number of benzene rings is 1. The largest absolute Gasteiger partial charge is 0.507 e. The van der Waals surface area contributed by atoms with Crippen molar-refractivity contribution >= 4 is 0 Å². The molecule has 0 aliphatic carbocycles. The summed E-state index contributed by atoms with van der Waals surface area (Å²) in [6.45, 7) is 10.7. The fourth-order valence-corrected chi connectivity index (χ4v) is 2.49. The van der Waals surface area contributed by atoms with Crippen LogP contribution in [0.2, 0.25) is 0 Å². The molecule has 0 saturated carbocycles. The molecular weight excluding hydrogens is 208 g/mol. The van der Waals surface area contributed by atoms with Crippen molar-refractivity contribution in [2.45, 2.75) is 66.7 Å². The van der Waals surface area contributed by atoms with Gasteiger partial charge in [0.2, 0.25) is 0 Å². The van der Waals surface area contributed by atoms with Gasteiger partial charge < -0.3 is 5.11 Å². The quantitative estimate of drug-likeness (QED) is 0.788. The van der Waals surface area contributed by atoms with Crippen LogP contribution in [0, 0.1) is 20.8 Å². The molecule has 0 aliphatic heterocycles. The van der Waals surface area contributed by atoms with Crippen molar-refractivity contribution in [3.8, 4) is 5.75 Å². The van der Waals surface area contributed by atoms with Gasteiger partial charge in [0.1, 0.15) is 5.75 Å². The van der Waals surface area contributed by atoms with Gasteiger partial charge in [-0.3, -0.25) is 0 Å². The Hall–Kier alpha value is -0.980. The molecule has 0 amide bonds. The molecule has 1 rings (SSSR count). The standard InChI is InChI=1S/C16H26O/c1-6-8-10-15-14(9-7-2)12(4)11(3)13(5)16(15)17/h17H,6-10H2,1-5H3. The third-order valence-electron chi connectivity index (χ3n) is 3.86. The van der Waals surface area contributed by atoms with Crippen LogP contribution in [0.3, 0.4) is 0 Å². The van der Waals surface area contributed by atoms with E-state index in [2.05, 4.69) is 27.7 Å². The predicted octanol–water partition coefficient (Wildman–Crippen LogP) is 4.61. The van der Waals surface area contributed by atoms with Gasteiger partial charge in [-0.1, -0.05) is 26.7 Å². The van der Waals surface area contributed by atoms with E-state index in [4.69, 9.17) is 0 Å². The molecule has 0 spiro atoms. The summed E-state index contributed by atoms with van der Waals surface area (Å²) in [5, 5.41) is 10.3. The summed E-state index contributed by atoms with van der Waals surface area (Å²) in [6, 6.07) is 0. The summed E-state index contributed by atoms with van der Waals surface area (Å²) < 4.78 is 0. The highest BCUT2D eigenvalue weighted by molar-refractivity contribution is 5.54. The minimum absolute atomic E-state index is 0.546. The summed E-state index contributed by atoms with van der Waals surface area (Å²) in [7, 11) is 0. The van der Waals surface area contributed by atoms with Gasteiger partial charge in [-0.2, -0.15) is 0 Å². The smallest absolute Gasteiger partial charge is 0.122 e. The van der Waals surface area contributed by atoms with Crippen molar-refractivity contribution in [2.75, 3.05) is 0 Å². The molecule has 0 fully saturated rings. The highest BCUT2D eigenvalue weighted by Gasteiger charge is 2.15. The number of aromatic hydroxyl groups is 1. The molecule has 1 N–H and O–H groups in total. The first-order chi connectivity index (χ1) is 8.04. The molecule has 0 radical (unpaired) electrons. The van der Waals surface area contributed by atoms with Crippen molar-refractivity contribution in [3.63, 3.8) is 0 Å². The second-order valence-electron chi connectivity index (χ2n) is 5.03. The Balaban J connectivity index is 3.31. The number of rotatable bonds is 5. The van der Waals surface area contributed by atoms with Crippen molar-refractivity contribution in [1.82, 2.24) is 0 Å². The Morgan fingerprint density at radius 2 is 1.41 bits per heavy atom. The number of hydrogen-bond donors (Lipinski definition) is 1. The van der Waals surface area contributed by atoms with E-state index in [1.54, 1.807) is 0 Å². The highest BCUT2D eigenvalue weighted by atomic mass is 16.3. The van der Waals surface area contributed by atoms with Gasteiger partial charge in [0.05, 0.1) is 0 Å². The van der Waals surface area contributed by atoms with Gasteiger partial charge in [0.15, 0.2) is 0 Å². The lowest BCUT2D eigenvalue weighted by Gasteiger charge is -2.19. The molecule has 0 aliphatic rings. The molecule has 0 unspecified atom stereocenters. The van der Waals surface area contributed by atoms with Crippen LogP contribution in [-0.2, 0) is 12.8 Å². The third-order valence-corrected chi connectivity index (χ3v) is 3.86. The number of phenolic OH excluding ortho intramolecular Hbond substituents is 1. The molecule has 0 atom stereocenters. The Labute approximate surface area is 106 Å². The lowest BCUT2D eigenvalue weighted by molar-refractivity contribution is 0.460. The summed E-state index contributed by atoms with van der Waals surface area (Å²) in [4.78, 5) is 0. The Morgan fingerprint density at radius 1 is 0.765 bits per heavy atom. The summed E-state index contributed by atoms with van der Waals surface area (Å²) in [5.41, 5.74) is 6.30. The predicted molar refractivity (Wildman–Crippen MR) is 74.9 cm³/mol. The summed E-state index contributed by atoms with van der Waals surface area (Å²) in [5.74, 6) is 0.546. The second-order valence-corrected chi connectivity index (χ2v) is 5.03. The first-order valence-corrected chi connectivity index (χ1v) is 6.84. The van der Waals surface area contributed by atoms with Gasteiger partial charge in [-0.15, -0.1) is 0 Å². The fraction of sp³-hybridized carbons (Fsp3) is 0.625. The molecule has 0 saturated heterocycles.